The molecule has 0 aliphatic carbocycles. The van der Waals surface area contributed by atoms with Crippen molar-refractivity contribution >= 4 is 11.6 Å². The molecule has 6 nitrogen and oxygen atoms in total. The molecule has 2 aromatic rings. The first-order valence-corrected chi connectivity index (χ1v) is 5.73. The first-order chi connectivity index (χ1) is 9.63. The molecule has 0 spiro atoms. The van der Waals surface area contributed by atoms with Gasteiger partial charge in [-0.3, -0.25) is 9.59 Å². The van der Waals surface area contributed by atoms with E-state index in [1.165, 1.54) is 31.4 Å². The molecule has 100 valence electrons. The van der Waals surface area contributed by atoms with Gasteiger partial charge < -0.3 is 15.0 Å². The van der Waals surface area contributed by atoms with Crippen LogP contribution in [0, 0.1) is 11.3 Å². The van der Waals surface area contributed by atoms with Crippen LogP contribution in [0.4, 0.5) is 5.69 Å². The maximum atomic E-state index is 12.0. The molecule has 1 aromatic heterocycles. The Bertz CT molecular complexity index is 744. The van der Waals surface area contributed by atoms with Crippen molar-refractivity contribution in [3.05, 3.63) is 58.0 Å². The number of ether oxygens (including phenoxy) is 1. The van der Waals surface area contributed by atoms with Gasteiger partial charge in [0.15, 0.2) is 0 Å². The second-order valence-electron chi connectivity index (χ2n) is 3.91. The van der Waals surface area contributed by atoms with Crippen molar-refractivity contribution in [3.8, 4) is 11.8 Å². The van der Waals surface area contributed by atoms with Gasteiger partial charge in [0, 0.05) is 12.1 Å². The van der Waals surface area contributed by atoms with E-state index in [2.05, 4.69) is 10.3 Å². The molecule has 0 saturated heterocycles. The Morgan fingerprint density at radius 1 is 1.35 bits per heavy atom. The van der Waals surface area contributed by atoms with E-state index in [9.17, 15) is 9.59 Å². The summed E-state index contributed by atoms with van der Waals surface area (Å²) in [6, 6.07) is 10.9. The van der Waals surface area contributed by atoms with Crippen molar-refractivity contribution in [3.63, 3.8) is 0 Å². The first kappa shape index (κ1) is 13.4. The summed E-state index contributed by atoms with van der Waals surface area (Å²) in [6.07, 6.45) is 0. The van der Waals surface area contributed by atoms with Crippen LogP contribution >= 0.6 is 0 Å². The zero-order valence-corrected chi connectivity index (χ0v) is 10.6. The Hall–Kier alpha value is -3.07. The molecule has 0 unspecified atom stereocenters. The largest absolute Gasteiger partial charge is 0.495 e. The number of hydrogen-bond acceptors (Lipinski definition) is 4. The maximum absolute atomic E-state index is 12.0. The number of aromatic amines is 1. The maximum Gasteiger partial charge on any atom is 0.272 e. The number of pyridine rings is 1. The molecule has 0 aliphatic rings. The summed E-state index contributed by atoms with van der Waals surface area (Å²) in [4.78, 5) is 25.6. The SMILES string of the molecule is COc1cc(C#N)ccc1NC(=O)c1cccc(=O)[nH]1. The number of carbonyl (C=O) groups is 1. The molecule has 1 amide bonds. The highest BCUT2D eigenvalue weighted by Gasteiger charge is 2.10. The second-order valence-corrected chi connectivity index (χ2v) is 3.91. The van der Waals surface area contributed by atoms with E-state index in [-0.39, 0.29) is 11.3 Å². The van der Waals surface area contributed by atoms with Crippen LogP contribution in [0.2, 0.25) is 0 Å². The topological polar surface area (TPSA) is 95.0 Å². The molecule has 0 atom stereocenters. The number of benzene rings is 1. The van der Waals surface area contributed by atoms with E-state index in [0.717, 1.165) is 0 Å². The summed E-state index contributed by atoms with van der Waals surface area (Å²) < 4.78 is 5.11. The van der Waals surface area contributed by atoms with Gasteiger partial charge in [0.05, 0.1) is 24.4 Å². The lowest BCUT2D eigenvalue weighted by atomic mass is 10.2. The third-order valence-electron chi connectivity index (χ3n) is 2.59. The zero-order chi connectivity index (χ0) is 14.5. The standard InChI is InChI=1S/C14H11N3O3/c1-20-12-7-9(8-15)5-6-10(12)17-14(19)11-3-2-4-13(18)16-11/h2-7H,1H3,(H,16,18)(H,17,19). The van der Waals surface area contributed by atoms with E-state index >= 15 is 0 Å². The van der Waals surface area contributed by atoms with Crippen LogP contribution < -0.4 is 15.6 Å². The fourth-order valence-corrected chi connectivity index (χ4v) is 1.63. The predicted octanol–water partition coefficient (Wildman–Crippen LogP) is 1.51. The van der Waals surface area contributed by atoms with Gasteiger partial charge in [0.1, 0.15) is 11.4 Å². The lowest BCUT2D eigenvalue weighted by Gasteiger charge is -2.10. The van der Waals surface area contributed by atoms with Crippen LogP contribution in [0.3, 0.4) is 0 Å². The van der Waals surface area contributed by atoms with E-state index in [0.29, 0.717) is 17.0 Å². The first-order valence-electron chi connectivity index (χ1n) is 5.73. The van der Waals surface area contributed by atoms with Gasteiger partial charge in [0.2, 0.25) is 5.56 Å². The summed E-state index contributed by atoms with van der Waals surface area (Å²) in [5.41, 5.74) is 0.627. The minimum absolute atomic E-state index is 0.143. The molecule has 0 fully saturated rings. The smallest absolute Gasteiger partial charge is 0.272 e. The normalized spacial score (nSPS) is 9.60. The minimum Gasteiger partial charge on any atom is -0.495 e. The van der Waals surface area contributed by atoms with Crippen LogP contribution in [0.25, 0.3) is 0 Å². The average Bonchev–Trinajstić information content (AvgIpc) is 2.47. The molecule has 1 heterocycles. The fourth-order valence-electron chi connectivity index (χ4n) is 1.63. The number of amides is 1. The number of methoxy groups -OCH3 is 1. The molecular weight excluding hydrogens is 258 g/mol. The third kappa shape index (κ3) is 2.84. The Labute approximate surface area is 114 Å². The van der Waals surface area contributed by atoms with Crippen LogP contribution in [-0.4, -0.2) is 18.0 Å². The molecule has 0 radical (unpaired) electrons. The fraction of sp³-hybridized carbons (Fsp3) is 0.0714. The molecule has 0 saturated carbocycles. The number of aromatic nitrogens is 1. The lowest BCUT2D eigenvalue weighted by molar-refractivity contribution is 0.102. The highest BCUT2D eigenvalue weighted by atomic mass is 16.5. The van der Waals surface area contributed by atoms with Gasteiger partial charge >= 0.3 is 0 Å². The Morgan fingerprint density at radius 2 is 2.15 bits per heavy atom. The van der Waals surface area contributed by atoms with Crippen LogP contribution in [0.1, 0.15) is 16.1 Å². The highest BCUT2D eigenvalue weighted by Crippen LogP contribution is 2.25. The van der Waals surface area contributed by atoms with Crippen molar-refractivity contribution in [2.24, 2.45) is 0 Å². The third-order valence-corrected chi connectivity index (χ3v) is 2.59. The number of anilines is 1. The number of nitrogens with zero attached hydrogens (tertiary/aromatic N) is 1. The Kier molecular flexibility index (Phi) is 3.82. The number of carbonyl (C=O) groups excluding carboxylic acids is 1. The summed E-state index contributed by atoms with van der Waals surface area (Å²) in [6.45, 7) is 0. The number of nitriles is 1. The van der Waals surface area contributed by atoms with Gasteiger partial charge in [-0.05, 0) is 18.2 Å². The van der Waals surface area contributed by atoms with Crippen LogP contribution in [-0.2, 0) is 0 Å². The van der Waals surface area contributed by atoms with Gasteiger partial charge in [-0.2, -0.15) is 5.26 Å². The number of H-pyrrole nitrogens is 1. The van der Waals surface area contributed by atoms with Crippen molar-refractivity contribution in [2.45, 2.75) is 0 Å². The minimum atomic E-state index is -0.467. The summed E-state index contributed by atoms with van der Waals surface area (Å²) >= 11 is 0. The summed E-state index contributed by atoms with van der Waals surface area (Å²) in [7, 11) is 1.44. The highest BCUT2D eigenvalue weighted by molar-refractivity contribution is 6.03. The summed E-state index contributed by atoms with van der Waals surface area (Å²) in [5, 5.41) is 11.4. The molecular formula is C14H11N3O3. The van der Waals surface area contributed by atoms with Gasteiger partial charge in [0.25, 0.3) is 5.91 Å². The van der Waals surface area contributed by atoms with Crippen LogP contribution in [0.15, 0.2) is 41.2 Å². The second kappa shape index (κ2) is 5.71. The quantitative estimate of drug-likeness (QED) is 0.882. The van der Waals surface area contributed by atoms with E-state index < -0.39 is 5.91 Å². The molecule has 20 heavy (non-hydrogen) atoms. The van der Waals surface area contributed by atoms with Crippen molar-refractivity contribution in [1.82, 2.24) is 4.98 Å². The molecule has 1 aromatic carbocycles. The number of rotatable bonds is 3. The van der Waals surface area contributed by atoms with E-state index in [4.69, 9.17) is 10.00 Å². The molecule has 0 bridgehead atoms. The molecule has 0 aliphatic heterocycles. The molecule has 6 heteroatoms. The van der Waals surface area contributed by atoms with E-state index in [1.807, 2.05) is 6.07 Å². The molecule has 2 N–H and O–H groups in total. The van der Waals surface area contributed by atoms with Gasteiger partial charge in [-0.1, -0.05) is 6.07 Å². The average molecular weight is 269 g/mol. The molecule has 2 rings (SSSR count). The van der Waals surface area contributed by atoms with Crippen molar-refractivity contribution in [1.29, 1.82) is 5.26 Å². The predicted molar refractivity (Wildman–Crippen MR) is 72.7 cm³/mol. The van der Waals surface area contributed by atoms with Gasteiger partial charge in [-0.15, -0.1) is 0 Å². The Morgan fingerprint density at radius 3 is 2.80 bits per heavy atom. The van der Waals surface area contributed by atoms with Gasteiger partial charge in [-0.25, -0.2) is 0 Å². The summed E-state index contributed by atoms with van der Waals surface area (Å²) in [5.74, 6) is -0.0959. The van der Waals surface area contributed by atoms with Crippen LogP contribution in [0.5, 0.6) is 5.75 Å². The zero-order valence-electron chi connectivity index (χ0n) is 10.6. The van der Waals surface area contributed by atoms with E-state index in [1.54, 1.807) is 12.1 Å². The number of hydrogen-bond donors (Lipinski definition) is 2. The lowest BCUT2D eigenvalue weighted by Crippen LogP contribution is -2.18. The number of nitrogens with one attached hydrogen (secondary N) is 2. The Balaban J connectivity index is 2.28. The van der Waals surface area contributed by atoms with Crippen molar-refractivity contribution < 1.29 is 9.53 Å². The monoisotopic (exact) mass is 269 g/mol. The van der Waals surface area contributed by atoms with Crippen molar-refractivity contribution in [2.75, 3.05) is 12.4 Å².